The molecule has 0 bridgehead atoms. The summed E-state index contributed by atoms with van der Waals surface area (Å²) in [6.45, 7) is 0. The van der Waals surface area contributed by atoms with Crippen LogP contribution in [-0.4, -0.2) is 0 Å². The zero-order valence-electron chi connectivity index (χ0n) is 8.30. The summed E-state index contributed by atoms with van der Waals surface area (Å²) in [5, 5.41) is 0. The molecule has 1 atom stereocenters. The fraction of sp³-hybridized carbons (Fsp3) is 0.538. The molecule has 1 saturated carbocycles. The largest absolute Gasteiger partial charge is 0.0608 e. The minimum Gasteiger partial charge on any atom is -0.0608 e. The van der Waals surface area contributed by atoms with Crippen LogP contribution in [0.3, 0.4) is 0 Å². The molecule has 0 saturated heterocycles. The average molecular weight is 251 g/mol. The normalized spacial score (nSPS) is 25.9. The highest BCUT2D eigenvalue weighted by Gasteiger charge is 2.34. The maximum Gasteiger partial charge on any atom is 0.0210 e. The van der Waals surface area contributed by atoms with Crippen LogP contribution in [-0.2, 0) is 6.42 Å². The van der Waals surface area contributed by atoms with Crippen LogP contribution in [0.5, 0.6) is 0 Å². The van der Waals surface area contributed by atoms with Gasteiger partial charge in [0.25, 0.3) is 0 Å². The monoisotopic (exact) mass is 250 g/mol. The van der Waals surface area contributed by atoms with Crippen molar-refractivity contribution in [1.29, 1.82) is 0 Å². The molecule has 0 N–H and O–H groups in total. The summed E-state index contributed by atoms with van der Waals surface area (Å²) < 4.78 is 1.33. The Balaban J connectivity index is 2.05. The summed E-state index contributed by atoms with van der Waals surface area (Å²) in [5.74, 6) is 1.90. The molecule has 74 valence electrons. The lowest BCUT2D eigenvalue weighted by molar-refractivity contribution is 0.502. The fourth-order valence-electron chi connectivity index (χ4n) is 2.83. The Kier molecular flexibility index (Phi) is 2.16. The van der Waals surface area contributed by atoms with Crippen LogP contribution >= 0.6 is 15.9 Å². The standard InChI is InChI=1S/C13H15Br/c14-13-6-2-4-11-10(9-7-8-9)3-1-5-12(11)13/h2,4,6,9-10H,1,3,5,7-8H2. The van der Waals surface area contributed by atoms with Crippen molar-refractivity contribution in [2.24, 2.45) is 5.92 Å². The van der Waals surface area contributed by atoms with Crippen molar-refractivity contribution in [2.45, 2.75) is 38.0 Å². The molecule has 1 aromatic carbocycles. The molecule has 0 nitrogen and oxygen atoms in total. The van der Waals surface area contributed by atoms with Gasteiger partial charge in [-0.2, -0.15) is 0 Å². The smallest absolute Gasteiger partial charge is 0.0210 e. The van der Waals surface area contributed by atoms with Crippen LogP contribution < -0.4 is 0 Å². The molecule has 0 aliphatic heterocycles. The molecule has 1 fully saturated rings. The number of benzene rings is 1. The summed E-state index contributed by atoms with van der Waals surface area (Å²) in [7, 11) is 0. The predicted molar refractivity (Wildman–Crippen MR) is 62.5 cm³/mol. The van der Waals surface area contributed by atoms with Crippen LogP contribution in [0.15, 0.2) is 22.7 Å². The van der Waals surface area contributed by atoms with Gasteiger partial charge >= 0.3 is 0 Å². The van der Waals surface area contributed by atoms with E-state index in [0.29, 0.717) is 0 Å². The topological polar surface area (TPSA) is 0 Å². The van der Waals surface area contributed by atoms with Crippen molar-refractivity contribution < 1.29 is 0 Å². The third-order valence-electron chi connectivity index (χ3n) is 3.69. The molecular weight excluding hydrogens is 236 g/mol. The van der Waals surface area contributed by atoms with E-state index in [-0.39, 0.29) is 0 Å². The summed E-state index contributed by atoms with van der Waals surface area (Å²) >= 11 is 3.68. The summed E-state index contributed by atoms with van der Waals surface area (Å²) in [6, 6.07) is 6.74. The average Bonchev–Trinajstić information content (AvgIpc) is 3.01. The van der Waals surface area contributed by atoms with E-state index in [0.717, 1.165) is 11.8 Å². The predicted octanol–water partition coefficient (Wildman–Crippen LogP) is 4.28. The fourth-order valence-corrected chi connectivity index (χ4v) is 3.41. The van der Waals surface area contributed by atoms with E-state index in [1.807, 2.05) is 0 Å². The van der Waals surface area contributed by atoms with Crippen LogP contribution in [0.2, 0.25) is 0 Å². The van der Waals surface area contributed by atoms with E-state index in [9.17, 15) is 0 Å². The number of hydrogen-bond acceptors (Lipinski definition) is 0. The molecule has 14 heavy (non-hydrogen) atoms. The second-order valence-electron chi connectivity index (χ2n) is 4.64. The highest BCUT2D eigenvalue weighted by atomic mass is 79.9. The second-order valence-corrected chi connectivity index (χ2v) is 5.50. The summed E-state index contributed by atoms with van der Waals surface area (Å²) in [5.41, 5.74) is 3.24. The van der Waals surface area contributed by atoms with Gasteiger partial charge in [0.2, 0.25) is 0 Å². The van der Waals surface area contributed by atoms with E-state index in [1.165, 1.54) is 36.6 Å². The molecule has 0 amide bonds. The molecule has 1 unspecified atom stereocenters. The highest BCUT2D eigenvalue weighted by molar-refractivity contribution is 9.10. The van der Waals surface area contributed by atoms with Crippen LogP contribution in [0.25, 0.3) is 0 Å². The van der Waals surface area contributed by atoms with Gasteiger partial charge in [-0.05, 0) is 61.1 Å². The third kappa shape index (κ3) is 1.42. The molecular formula is C13H15Br. The molecule has 0 radical (unpaired) electrons. The Hall–Kier alpha value is -0.300. The molecule has 0 aromatic heterocycles. The van der Waals surface area contributed by atoms with Crippen molar-refractivity contribution in [1.82, 2.24) is 0 Å². The molecule has 3 rings (SSSR count). The van der Waals surface area contributed by atoms with Gasteiger partial charge < -0.3 is 0 Å². The van der Waals surface area contributed by atoms with Gasteiger partial charge in [-0.25, -0.2) is 0 Å². The van der Waals surface area contributed by atoms with E-state index >= 15 is 0 Å². The number of rotatable bonds is 1. The first-order valence-electron chi connectivity index (χ1n) is 5.63. The minimum atomic E-state index is 0.885. The lowest BCUT2D eigenvalue weighted by Crippen LogP contribution is -2.11. The third-order valence-corrected chi connectivity index (χ3v) is 4.43. The first-order valence-corrected chi connectivity index (χ1v) is 6.43. The zero-order valence-corrected chi connectivity index (χ0v) is 9.89. The van der Waals surface area contributed by atoms with Gasteiger partial charge in [0, 0.05) is 4.47 Å². The van der Waals surface area contributed by atoms with Crippen molar-refractivity contribution in [3.63, 3.8) is 0 Å². The first-order chi connectivity index (χ1) is 6.86. The van der Waals surface area contributed by atoms with E-state index in [1.54, 1.807) is 11.1 Å². The van der Waals surface area contributed by atoms with Crippen molar-refractivity contribution in [3.8, 4) is 0 Å². The SMILES string of the molecule is Brc1cccc2c1CCCC2C1CC1. The Morgan fingerprint density at radius 2 is 2.00 bits per heavy atom. The van der Waals surface area contributed by atoms with Crippen LogP contribution in [0, 0.1) is 5.92 Å². The van der Waals surface area contributed by atoms with Crippen LogP contribution in [0.1, 0.15) is 42.7 Å². The zero-order chi connectivity index (χ0) is 9.54. The van der Waals surface area contributed by atoms with E-state index < -0.39 is 0 Å². The van der Waals surface area contributed by atoms with Crippen LogP contribution in [0.4, 0.5) is 0 Å². The molecule has 1 heteroatoms. The van der Waals surface area contributed by atoms with Gasteiger partial charge in [-0.15, -0.1) is 0 Å². The van der Waals surface area contributed by atoms with Crippen molar-refractivity contribution in [2.75, 3.05) is 0 Å². The number of hydrogen-bond donors (Lipinski definition) is 0. The maximum absolute atomic E-state index is 3.68. The molecule has 1 aromatic rings. The molecule has 0 spiro atoms. The van der Waals surface area contributed by atoms with E-state index in [2.05, 4.69) is 34.1 Å². The molecule has 2 aliphatic carbocycles. The highest BCUT2D eigenvalue weighted by Crippen LogP contribution is 2.49. The summed E-state index contributed by atoms with van der Waals surface area (Å²) in [6.07, 6.45) is 7.03. The van der Waals surface area contributed by atoms with Gasteiger partial charge in [0.1, 0.15) is 0 Å². The van der Waals surface area contributed by atoms with E-state index in [4.69, 9.17) is 0 Å². The number of fused-ring (bicyclic) bond motifs is 1. The Morgan fingerprint density at radius 3 is 2.79 bits per heavy atom. The van der Waals surface area contributed by atoms with Gasteiger partial charge in [-0.1, -0.05) is 28.1 Å². The quantitative estimate of drug-likeness (QED) is 0.698. The maximum atomic E-state index is 3.68. The Labute approximate surface area is 93.8 Å². The van der Waals surface area contributed by atoms with Crippen molar-refractivity contribution >= 4 is 15.9 Å². The minimum absolute atomic E-state index is 0.885. The second kappa shape index (κ2) is 3.37. The van der Waals surface area contributed by atoms with Crippen molar-refractivity contribution in [3.05, 3.63) is 33.8 Å². The lowest BCUT2D eigenvalue weighted by atomic mass is 9.80. The van der Waals surface area contributed by atoms with Gasteiger partial charge in [-0.3, -0.25) is 0 Å². The summed E-state index contributed by atoms with van der Waals surface area (Å²) in [4.78, 5) is 0. The Morgan fingerprint density at radius 1 is 1.14 bits per heavy atom. The molecule has 2 aliphatic rings. The first kappa shape index (κ1) is 8.96. The number of halogens is 1. The van der Waals surface area contributed by atoms with Gasteiger partial charge in [0.05, 0.1) is 0 Å². The van der Waals surface area contributed by atoms with Gasteiger partial charge in [0.15, 0.2) is 0 Å². The molecule has 0 heterocycles. The Bertz CT molecular complexity index is 352. The lowest BCUT2D eigenvalue weighted by Gasteiger charge is -2.26.